The van der Waals surface area contributed by atoms with Gasteiger partial charge in [0.1, 0.15) is 11.6 Å². The van der Waals surface area contributed by atoms with Crippen molar-refractivity contribution in [2.45, 2.75) is 84.8 Å². The predicted molar refractivity (Wildman–Crippen MR) is 201 cm³/mol. The van der Waals surface area contributed by atoms with E-state index >= 15 is 8.78 Å². The number of aryl methyl sites for hydroxylation is 1. The molecule has 0 aliphatic rings. The lowest BCUT2D eigenvalue weighted by molar-refractivity contribution is -0.136. The van der Waals surface area contributed by atoms with Crippen molar-refractivity contribution in [1.82, 2.24) is 14.8 Å². The van der Waals surface area contributed by atoms with E-state index in [1.807, 2.05) is 24.7 Å². The number of aromatic nitrogens is 3. The number of halogens is 2. The molecule has 0 aliphatic heterocycles. The molecule has 0 amide bonds. The number of fused-ring (bicyclic) bond motifs is 1. The number of aliphatic carboxylic acids is 1. The summed E-state index contributed by atoms with van der Waals surface area (Å²) in [5, 5.41) is 25.2. The molecular weight excluding hydrogens is 682 g/mol. The Kier molecular flexibility index (Phi) is 14.7. The van der Waals surface area contributed by atoms with E-state index in [1.165, 1.54) is 29.8 Å². The van der Waals surface area contributed by atoms with Crippen molar-refractivity contribution in [2.24, 2.45) is 11.1 Å². The Labute approximate surface area is 308 Å². The van der Waals surface area contributed by atoms with Gasteiger partial charge in [-0.1, -0.05) is 64.3 Å². The number of rotatable bonds is 18. The molecule has 10 nitrogen and oxygen atoms in total. The number of ether oxygens (including phenoxy) is 2. The van der Waals surface area contributed by atoms with E-state index in [0.717, 1.165) is 44.1 Å². The van der Waals surface area contributed by atoms with Crippen LogP contribution in [0.2, 0.25) is 0 Å². The van der Waals surface area contributed by atoms with Gasteiger partial charge in [-0.25, -0.2) is 8.78 Å². The normalized spacial score (nSPS) is 12.5. The summed E-state index contributed by atoms with van der Waals surface area (Å²) in [6.45, 7) is 9.09. The Morgan fingerprint density at radius 3 is 2.55 bits per heavy atom. The van der Waals surface area contributed by atoms with Crippen molar-refractivity contribution in [3.8, 4) is 22.8 Å². The molecule has 0 fully saturated rings. The third-order valence-electron chi connectivity index (χ3n) is 9.34. The zero-order chi connectivity index (χ0) is 38.5. The molecule has 5 rings (SSSR count). The van der Waals surface area contributed by atoms with Gasteiger partial charge in [0, 0.05) is 47.0 Å². The third-order valence-corrected chi connectivity index (χ3v) is 9.34. The number of hydrogen-bond donors (Lipinski definition) is 4. The number of aliphatic hydroxyl groups excluding tert-OH is 1. The summed E-state index contributed by atoms with van der Waals surface area (Å²) in [6.07, 6.45) is 7.78. The van der Waals surface area contributed by atoms with Gasteiger partial charge in [0.05, 0.1) is 30.9 Å². The first-order chi connectivity index (χ1) is 25.4. The summed E-state index contributed by atoms with van der Waals surface area (Å²) in [4.78, 5) is 23.7. The highest BCUT2D eigenvalue weighted by molar-refractivity contribution is 5.89. The third kappa shape index (κ3) is 10.7. The minimum Gasteiger partial charge on any atom is -0.481 e. The van der Waals surface area contributed by atoms with Crippen molar-refractivity contribution in [3.63, 3.8) is 0 Å². The molecule has 5 aromatic rings. The highest BCUT2D eigenvalue weighted by Crippen LogP contribution is 2.37. The van der Waals surface area contributed by atoms with Gasteiger partial charge in [0.25, 0.3) is 6.47 Å². The van der Waals surface area contributed by atoms with E-state index in [0.29, 0.717) is 29.7 Å². The van der Waals surface area contributed by atoms with Crippen LogP contribution in [0.25, 0.3) is 22.2 Å². The summed E-state index contributed by atoms with van der Waals surface area (Å²) in [7, 11) is 0. The molecule has 0 bridgehead atoms. The zero-order valence-electron chi connectivity index (χ0n) is 30.8. The molecule has 2 heterocycles. The van der Waals surface area contributed by atoms with E-state index in [9.17, 15) is 19.8 Å². The molecule has 2 unspecified atom stereocenters. The van der Waals surface area contributed by atoms with Crippen molar-refractivity contribution in [1.29, 1.82) is 0 Å². The first-order valence-electron chi connectivity index (χ1n) is 18.0. The molecule has 2 atom stereocenters. The number of carboxylic acid groups (broad SMARTS) is 1. The molecule has 0 spiro atoms. The van der Waals surface area contributed by atoms with E-state index in [2.05, 4.69) is 40.9 Å². The number of nitrogens with zero attached hydrogens (tertiary/aromatic N) is 2. The Hall–Kier alpha value is -5.07. The van der Waals surface area contributed by atoms with Gasteiger partial charge in [-0.2, -0.15) is 5.10 Å². The number of carbonyl (C=O) groups excluding carboxylic acids is 1. The smallest absolute Gasteiger partial charge is 0.307 e. The van der Waals surface area contributed by atoms with Crippen LogP contribution in [0.1, 0.15) is 82.5 Å². The topological polar surface area (TPSA) is 153 Å². The van der Waals surface area contributed by atoms with Crippen molar-refractivity contribution in [3.05, 3.63) is 101 Å². The van der Waals surface area contributed by atoms with Crippen LogP contribution in [-0.4, -0.2) is 56.7 Å². The summed E-state index contributed by atoms with van der Waals surface area (Å²) in [5.41, 5.74) is 8.96. The molecule has 2 aromatic heterocycles. The highest BCUT2D eigenvalue weighted by atomic mass is 19.1. The molecule has 3 aromatic carbocycles. The van der Waals surface area contributed by atoms with Gasteiger partial charge in [-0.15, -0.1) is 0 Å². The average Bonchev–Trinajstić information content (AvgIpc) is 3.81. The Morgan fingerprint density at radius 1 is 1.08 bits per heavy atom. The summed E-state index contributed by atoms with van der Waals surface area (Å²) >= 11 is 0. The summed E-state index contributed by atoms with van der Waals surface area (Å²) in [5.74, 6) is -2.47. The van der Waals surface area contributed by atoms with E-state index in [-0.39, 0.29) is 40.6 Å². The number of unbranched alkanes of at least 4 members (excludes halogenated alkanes) is 1. The molecule has 284 valence electrons. The second-order valence-corrected chi connectivity index (χ2v) is 13.6. The largest absolute Gasteiger partial charge is 0.481 e. The van der Waals surface area contributed by atoms with Crippen LogP contribution in [0.4, 0.5) is 8.78 Å². The number of hydrogen-bond acceptors (Lipinski definition) is 7. The van der Waals surface area contributed by atoms with Crippen LogP contribution in [0, 0.1) is 17.0 Å². The average molecular weight is 733 g/mol. The van der Waals surface area contributed by atoms with Gasteiger partial charge in [0.15, 0.2) is 11.6 Å². The lowest BCUT2D eigenvalue weighted by Crippen LogP contribution is -2.35. The zero-order valence-corrected chi connectivity index (χ0v) is 30.8. The fraction of sp³-hybridized carbons (Fsp3) is 0.390. The first kappa shape index (κ1) is 40.7. The Morgan fingerprint density at radius 2 is 1.87 bits per heavy atom. The van der Waals surface area contributed by atoms with Crippen molar-refractivity contribution < 1.29 is 38.1 Å². The van der Waals surface area contributed by atoms with Gasteiger partial charge in [-0.05, 0) is 73.1 Å². The summed E-state index contributed by atoms with van der Waals surface area (Å²) in [6, 6.07) is 17.1. The van der Waals surface area contributed by atoms with Gasteiger partial charge < -0.3 is 30.4 Å². The number of carbonyl (C=O) groups is 2. The molecule has 5 N–H and O–H groups in total. The van der Waals surface area contributed by atoms with Crippen LogP contribution < -0.4 is 10.5 Å². The number of H-pyrrole nitrogens is 1. The monoisotopic (exact) mass is 732 g/mol. The van der Waals surface area contributed by atoms with Crippen molar-refractivity contribution in [2.75, 3.05) is 13.2 Å². The standard InChI is InChI=1S/C38H44F2N4O4.C3H6O2/c1-4-8-24-9-7-10-25(19-24)34(11-5-6-16-38(2,3)35(45)23-41)44-18-15-32(43-44)29-20-26(12-13-30(29)39)48-37-28(21-36(46)47)27-14-17-42-33(27)22-31(37)40;1-2-5-3-4/h7,9-10,12-15,17-20,22,34-35,42,45H,4-6,8,11,16,21,23,41H2,1-3H3,(H,46,47);3H,2H2,1H3. The molecule has 12 heteroatoms. The number of nitrogens with two attached hydrogens (primary N) is 1. The van der Waals surface area contributed by atoms with Gasteiger partial charge >= 0.3 is 5.97 Å². The maximum Gasteiger partial charge on any atom is 0.307 e. The number of aliphatic hydroxyl groups is 1. The van der Waals surface area contributed by atoms with E-state index < -0.39 is 30.1 Å². The minimum atomic E-state index is -1.13. The molecule has 53 heavy (non-hydrogen) atoms. The van der Waals surface area contributed by atoms with Gasteiger partial charge in [-0.3, -0.25) is 14.3 Å². The lowest BCUT2D eigenvalue weighted by atomic mass is 9.81. The number of benzene rings is 3. The molecule has 0 aliphatic carbocycles. The van der Waals surface area contributed by atoms with E-state index in [1.54, 1.807) is 25.3 Å². The number of carboxylic acids is 1. The molecule has 0 saturated heterocycles. The van der Waals surface area contributed by atoms with Crippen LogP contribution in [0.15, 0.2) is 73.1 Å². The summed E-state index contributed by atoms with van der Waals surface area (Å²) < 4.78 is 42.5. The maximum atomic E-state index is 15.3. The van der Waals surface area contributed by atoms with Crippen LogP contribution >= 0.6 is 0 Å². The predicted octanol–water partition coefficient (Wildman–Crippen LogP) is 8.36. The van der Waals surface area contributed by atoms with Crippen LogP contribution in [0.5, 0.6) is 11.5 Å². The minimum absolute atomic E-state index is 0.110. The quantitative estimate of drug-likeness (QED) is 0.0518. The maximum absolute atomic E-state index is 15.3. The number of nitrogens with one attached hydrogen (secondary N) is 1. The second kappa shape index (κ2) is 19.1. The second-order valence-electron chi connectivity index (χ2n) is 13.6. The number of aromatic amines is 1. The highest BCUT2D eigenvalue weighted by Gasteiger charge is 2.27. The molecule has 0 saturated carbocycles. The fourth-order valence-electron chi connectivity index (χ4n) is 6.37. The molecular formula is C41H50F2N4O6. The van der Waals surface area contributed by atoms with Crippen LogP contribution in [-0.2, 0) is 27.2 Å². The first-order valence-corrected chi connectivity index (χ1v) is 18.0. The fourth-order valence-corrected chi connectivity index (χ4v) is 6.37. The Bertz CT molecular complexity index is 1960. The van der Waals surface area contributed by atoms with Crippen molar-refractivity contribution >= 4 is 23.3 Å². The molecule has 0 radical (unpaired) electrons. The van der Waals surface area contributed by atoms with E-state index in [4.69, 9.17) is 15.6 Å². The SMILES string of the molecule is CCCc1cccc(C(CCCCC(C)(C)C(O)CN)n2ccc(-c3cc(Oc4c(F)cc5[nH]ccc5c4CC(=O)O)ccc3F)n2)c1.CCOC=O. The van der Waals surface area contributed by atoms with Crippen LogP contribution in [0.3, 0.4) is 0 Å². The van der Waals surface area contributed by atoms with Gasteiger partial charge in [0.2, 0.25) is 0 Å². The lowest BCUT2D eigenvalue weighted by Gasteiger charge is -2.30. The Balaban J connectivity index is 0.00000117.